The van der Waals surface area contributed by atoms with Crippen molar-refractivity contribution in [1.82, 2.24) is 10.6 Å². The van der Waals surface area contributed by atoms with Crippen LogP contribution in [-0.2, 0) is 16.1 Å². The Labute approximate surface area is 163 Å². The number of urea groups is 1. The largest absolute Gasteiger partial charge is 0.457 e. The molecule has 2 amide bonds. The lowest BCUT2D eigenvalue weighted by molar-refractivity contribution is -0.140. The van der Waals surface area contributed by atoms with E-state index >= 15 is 0 Å². The lowest BCUT2D eigenvalue weighted by Crippen LogP contribution is -2.45. The molecule has 0 fully saturated rings. The first-order valence-corrected chi connectivity index (χ1v) is 9.10. The predicted octanol–water partition coefficient (Wildman–Crippen LogP) is 4.21. The van der Waals surface area contributed by atoms with Gasteiger partial charge >= 0.3 is 12.0 Å². The maximum atomic E-state index is 12.9. The molecule has 2 N–H and O–H groups in total. The number of hydrogen-bond acceptors (Lipinski definition) is 3. The van der Waals surface area contributed by atoms with Gasteiger partial charge < -0.3 is 15.4 Å². The van der Waals surface area contributed by atoms with Crippen LogP contribution in [0.2, 0.25) is 0 Å². The summed E-state index contributed by atoms with van der Waals surface area (Å²) in [5.41, 5.74) is 2.68. The fraction of sp³-hybridized carbons (Fsp3) is 0.130. The van der Waals surface area contributed by atoms with Crippen molar-refractivity contribution < 1.29 is 14.3 Å². The second-order valence-electron chi connectivity index (χ2n) is 6.70. The van der Waals surface area contributed by atoms with E-state index in [2.05, 4.69) is 10.6 Å². The number of benzene rings is 3. The van der Waals surface area contributed by atoms with Crippen LogP contribution in [0.1, 0.15) is 24.1 Å². The molecule has 1 aliphatic heterocycles. The molecule has 0 radical (unpaired) electrons. The first-order valence-electron chi connectivity index (χ1n) is 9.10. The van der Waals surface area contributed by atoms with Crippen molar-refractivity contribution in [2.45, 2.75) is 19.6 Å². The summed E-state index contributed by atoms with van der Waals surface area (Å²) in [7, 11) is 0. The highest BCUT2D eigenvalue weighted by Gasteiger charge is 2.33. The van der Waals surface area contributed by atoms with Crippen molar-refractivity contribution in [3.8, 4) is 0 Å². The molecule has 1 unspecified atom stereocenters. The number of carbonyl (C=O) groups excluding carboxylic acids is 2. The maximum Gasteiger partial charge on any atom is 0.338 e. The Hall–Kier alpha value is -3.60. The molecule has 3 aromatic rings. The monoisotopic (exact) mass is 372 g/mol. The van der Waals surface area contributed by atoms with E-state index in [0.29, 0.717) is 11.3 Å². The maximum absolute atomic E-state index is 12.9. The van der Waals surface area contributed by atoms with Crippen molar-refractivity contribution >= 4 is 22.8 Å². The summed E-state index contributed by atoms with van der Waals surface area (Å²) < 4.78 is 5.55. The van der Waals surface area contributed by atoms with Crippen molar-refractivity contribution in [3.05, 3.63) is 95.2 Å². The highest BCUT2D eigenvalue weighted by Crippen LogP contribution is 2.32. The number of ether oxygens (including phenoxy) is 1. The van der Waals surface area contributed by atoms with Crippen LogP contribution in [0.15, 0.2) is 84.1 Å². The van der Waals surface area contributed by atoms with Gasteiger partial charge in [0.2, 0.25) is 0 Å². The Kier molecular flexibility index (Phi) is 4.81. The molecular formula is C23H20N2O3. The summed E-state index contributed by atoms with van der Waals surface area (Å²) in [6, 6.07) is 22.3. The van der Waals surface area contributed by atoms with Crippen LogP contribution in [-0.4, -0.2) is 12.0 Å². The van der Waals surface area contributed by atoms with Gasteiger partial charge in [-0.05, 0) is 28.8 Å². The van der Waals surface area contributed by atoms with E-state index < -0.39 is 12.0 Å². The molecule has 0 aliphatic carbocycles. The Balaban J connectivity index is 1.69. The Morgan fingerprint density at radius 2 is 1.68 bits per heavy atom. The molecule has 0 aromatic heterocycles. The predicted molar refractivity (Wildman–Crippen MR) is 107 cm³/mol. The zero-order chi connectivity index (χ0) is 19.5. The summed E-state index contributed by atoms with van der Waals surface area (Å²) in [6.07, 6.45) is 0. The van der Waals surface area contributed by atoms with Crippen LogP contribution in [0.3, 0.4) is 0 Å². The second kappa shape index (κ2) is 7.56. The SMILES string of the molecule is CC1=C(C(=O)OCc2ccccc2)C(c2cccc3ccccc23)NC(=O)N1. The van der Waals surface area contributed by atoms with Crippen molar-refractivity contribution in [2.24, 2.45) is 0 Å². The topological polar surface area (TPSA) is 67.4 Å². The number of carbonyl (C=O) groups is 2. The van der Waals surface area contributed by atoms with Gasteiger partial charge in [-0.3, -0.25) is 0 Å². The van der Waals surface area contributed by atoms with Gasteiger partial charge in [0.05, 0.1) is 11.6 Å². The first-order chi connectivity index (χ1) is 13.6. The van der Waals surface area contributed by atoms with Gasteiger partial charge in [0.1, 0.15) is 6.61 Å². The molecule has 0 saturated carbocycles. The van der Waals surface area contributed by atoms with Gasteiger partial charge in [0.15, 0.2) is 0 Å². The molecule has 0 bridgehead atoms. The zero-order valence-electron chi connectivity index (χ0n) is 15.4. The van der Waals surface area contributed by atoms with Crippen LogP contribution >= 0.6 is 0 Å². The van der Waals surface area contributed by atoms with Gasteiger partial charge in [0.25, 0.3) is 0 Å². The molecule has 1 aliphatic rings. The molecule has 5 nitrogen and oxygen atoms in total. The molecule has 0 spiro atoms. The number of nitrogens with one attached hydrogen (secondary N) is 2. The van der Waals surface area contributed by atoms with Crippen LogP contribution in [0.4, 0.5) is 4.79 Å². The first kappa shape index (κ1) is 17.8. The number of hydrogen-bond donors (Lipinski definition) is 2. The lowest BCUT2D eigenvalue weighted by Gasteiger charge is -2.29. The fourth-order valence-corrected chi connectivity index (χ4v) is 3.50. The van der Waals surface area contributed by atoms with Crippen molar-refractivity contribution in [1.29, 1.82) is 0 Å². The molecule has 1 heterocycles. The van der Waals surface area contributed by atoms with E-state index in [9.17, 15) is 9.59 Å². The van der Waals surface area contributed by atoms with E-state index in [4.69, 9.17) is 4.74 Å². The van der Waals surface area contributed by atoms with E-state index in [1.807, 2.05) is 72.8 Å². The highest BCUT2D eigenvalue weighted by atomic mass is 16.5. The molecule has 5 heteroatoms. The lowest BCUT2D eigenvalue weighted by atomic mass is 9.91. The van der Waals surface area contributed by atoms with Crippen molar-refractivity contribution in [3.63, 3.8) is 0 Å². The second-order valence-corrected chi connectivity index (χ2v) is 6.70. The van der Waals surface area contributed by atoms with Crippen LogP contribution < -0.4 is 10.6 Å². The molecule has 3 aromatic carbocycles. The number of allylic oxidation sites excluding steroid dienone is 1. The van der Waals surface area contributed by atoms with E-state index in [1.165, 1.54) is 0 Å². The number of amides is 2. The minimum atomic E-state index is -0.580. The van der Waals surface area contributed by atoms with E-state index in [-0.39, 0.29) is 12.6 Å². The van der Waals surface area contributed by atoms with Crippen molar-refractivity contribution in [2.75, 3.05) is 0 Å². The summed E-state index contributed by atoms with van der Waals surface area (Å²) in [4.78, 5) is 25.1. The van der Waals surface area contributed by atoms with E-state index in [1.54, 1.807) is 6.92 Å². The van der Waals surface area contributed by atoms with Gasteiger partial charge in [0, 0.05) is 5.70 Å². The average molecular weight is 372 g/mol. The summed E-state index contributed by atoms with van der Waals surface area (Å²) in [5, 5.41) is 7.59. The molecule has 140 valence electrons. The number of rotatable bonds is 4. The molecule has 28 heavy (non-hydrogen) atoms. The van der Waals surface area contributed by atoms with E-state index in [0.717, 1.165) is 21.9 Å². The summed E-state index contributed by atoms with van der Waals surface area (Å²) in [6.45, 7) is 1.89. The third-order valence-electron chi connectivity index (χ3n) is 4.84. The average Bonchev–Trinajstić information content (AvgIpc) is 2.72. The molecular weight excluding hydrogens is 352 g/mol. The van der Waals surface area contributed by atoms with Crippen LogP contribution in [0.25, 0.3) is 10.8 Å². The Bertz CT molecular complexity index is 1070. The summed E-state index contributed by atoms with van der Waals surface area (Å²) in [5.74, 6) is -0.452. The molecule has 1 atom stereocenters. The van der Waals surface area contributed by atoms with Gasteiger partial charge in [-0.1, -0.05) is 72.8 Å². The standard InChI is InChI=1S/C23H20N2O3/c1-15-20(22(26)28-14-16-8-3-2-4-9-16)21(25-23(27)24-15)19-13-7-11-17-10-5-6-12-18(17)19/h2-13,21H,14H2,1H3,(H2,24,25,27). The zero-order valence-corrected chi connectivity index (χ0v) is 15.4. The van der Waals surface area contributed by atoms with Gasteiger partial charge in [-0.25, -0.2) is 9.59 Å². The van der Waals surface area contributed by atoms with Gasteiger partial charge in [-0.2, -0.15) is 0 Å². The minimum Gasteiger partial charge on any atom is -0.457 e. The summed E-state index contributed by atoms with van der Waals surface area (Å²) >= 11 is 0. The molecule has 4 rings (SSSR count). The highest BCUT2D eigenvalue weighted by molar-refractivity contribution is 5.97. The number of esters is 1. The Morgan fingerprint density at radius 1 is 0.964 bits per heavy atom. The Morgan fingerprint density at radius 3 is 2.50 bits per heavy atom. The number of fused-ring (bicyclic) bond motifs is 1. The van der Waals surface area contributed by atoms with Crippen LogP contribution in [0, 0.1) is 0 Å². The molecule has 0 saturated heterocycles. The third-order valence-corrected chi connectivity index (χ3v) is 4.84. The fourth-order valence-electron chi connectivity index (χ4n) is 3.50. The normalized spacial score (nSPS) is 16.5. The van der Waals surface area contributed by atoms with Crippen LogP contribution in [0.5, 0.6) is 0 Å². The third kappa shape index (κ3) is 3.47. The van der Waals surface area contributed by atoms with Gasteiger partial charge in [-0.15, -0.1) is 0 Å². The minimum absolute atomic E-state index is 0.173. The smallest absolute Gasteiger partial charge is 0.338 e. The quantitative estimate of drug-likeness (QED) is 0.674.